The first-order valence-corrected chi connectivity index (χ1v) is 10.8. The first-order chi connectivity index (χ1) is 14.5. The summed E-state index contributed by atoms with van der Waals surface area (Å²) in [4.78, 5) is 12.8. The molecule has 30 heavy (non-hydrogen) atoms. The molecule has 0 fully saturated rings. The van der Waals surface area contributed by atoms with Crippen LogP contribution in [0.2, 0.25) is 0 Å². The van der Waals surface area contributed by atoms with Crippen LogP contribution in [0.1, 0.15) is 56.6 Å². The molecule has 0 aliphatic rings. The first kappa shape index (κ1) is 21.8. The number of nitrogens with two attached hydrogens (primary N) is 1. The van der Waals surface area contributed by atoms with Crippen molar-refractivity contribution in [3.05, 3.63) is 63.9 Å². The van der Waals surface area contributed by atoms with Gasteiger partial charge in [-0.1, -0.05) is 69.4 Å². The third-order valence-corrected chi connectivity index (χ3v) is 5.52. The second-order valence-electron chi connectivity index (χ2n) is 7.90. The number of hydrogen-bond donors (Lipinski definition) is 2. The molecular weight excluding hydrogens is 376 g/mol. The van der Waals surface area contributed by atoms with Crippen molar-refractivity contribution in [1.82, 2.24) is 4.57 Å². The highest BCUT2D eigenvalue weighted by Gasteiger charge is 2.19. The fourth-order valence-electron chi connectivity index (χ4n) is 3.83. The van der Waals surface area contributed by atoms with E-state index in [9.17, 15) is 9.90 Å². The van der Waals surface area contributed by atoms with E-state index in [0.717, 1.165) is 30.4 Å². The molecule has 5 heteroatoms. The molecule has 0 spiro atoms. The molecular formula is C25H32N2O3. The summed E-state index contributed by atoms with van der Waals surface area (Å²) in [6, 6.07) is 13.8. The Morgan fingerprint density at radius 2 is 1.70 bits per heavy atom. The normalized spacial score (nSPS) is 11.1. The van der Waals surface area contributed by atoms with Crippen molar-refractivity contribution >= 4 is 16.6 Å². The number of nitrogen functional groups attached to an aromatic ring is 1. The first-order valence-electron chi connectivity index (χ1n) is 10.8. The fraction of sp³-hybridized carbons (Fsp3) is 0.400. The summed E-state index contributed by atoms with van der Waals surface area (Å²) in [5, 5.41) is 11.2. The number of fused-ring (bicyclic) bond motifs is 1. The number of nitrogens with zero attached hydrogens (tertiary/aromatic N) is 1. The molecule has 0 aliphatic carbocycles. The molecule has 0 amide bonds. The van der Waals surface area contributed by atoms with E-state index in [-0.39, 0.29) is 17.1 Å². The van der Waals surface area contributed by atoms with Crippen LogP contribution in [0.4, 0.5) is 5.69 Å². The highest BCUT2D eigenvalue weighted by Crippen LogP contribution is 2.36. The Balaban J connectivity index is 1.82. The highest BCUT2D eigenvalue weighted by atomic mass is 16.5. The summed E-state index contributed by atoms with van der Waals surface area (Å²) in [5.74, 6) is -0.177. The minimum atomic E-state index is -0.345. The molecule has 0 atom stereocenters. The molecule has 3 aromatic rings. The van der Waals surface area contributed by atoms with Crippen LogP contribution in [0.3, 0.4) is 0 Å². The second kappa shape index (κ2) is 10.2. The lowest BCUT2D eigenvalue weighted by Crippen LogP contribution is -2.20. The number of aromatic hydroxyl groups is 1. The molecule has 0 unspecified atom stereocenters. The Labute approximate surface area is 178 Å². The Hall–Kier alpha value is -2.95. The molecule has 0 bridgehead atoms. The van der Waals surface area contributed by atoms with Crippen LogP contribution in [0.5, 0.6) is 11.5 Å². The predicted molar refractivity (Wildman–Crippen MR) is 123 cm³/mol. The average Bonchev–Trinajstić information content (AvgIpc) is 2.74. The predicted octanol–water partition coefficient (Wildman–Crippen LogP) is 5.16. The van der Waals surface area contributed by atoms with Gasteiger partial charge in [0.05, 0.1) is 17.5 Å². The summed E-state index contributed by atoms with van der Waals surface area (Å²) in [6.07, 6.45) is 7.46. The SMILES string of the molecule is CCCCCCCCOc1c(O)c2c(N)cc(Cc3ccccc3)cc2n(C)c1=O. The highest BCUT2D eigenvalue weighted by molar-refractivity contribution is 5.97. The van der Waals surface area contributed by atoms with Gasteiger partial charge < -0.3 is 20.1 Å². The minimum absolute atomic E-state index is 0.0129. The van der Waals surface area contributed by atoms with Gasteiger partial charge in [-0.3, -0.25) is 4.79 Å². The summed E-state index contributed by atoms with van der Waals surface area (Å²) in [6.45, 7) is 2.60. The molecule has 3 rings (SSSR count). The van der Waals surface area contributed by atoms with Crippen LogP contribution in [0.15, 0.2) is 47.3 Å². The zero-order valence-corrected chi connectivity index (χ0v) is 18.0. The molecule has 0 radical (unpaired) electrons. The van der Waals surface area contributed by atoms with E-state index >= 15 is 0 Å². The number of rotatable bonds is 10. The van der Waals surface area contributed by atoms with Gasteiger partial charge in [0.2, 0.25) is 5.75 Å². The van der Waals surface area contributed by atoms with Crippen LogP contribution in [0, 0.1) is 0 Å². The van der Waals surface area contributed by atoms with Crippen molar-refractivity contribution < 1.29 is 9.84 Å². The van der Waals surface area contributed by atoms with Gasteiger partial charge in [-0.15, -0.1) is 0 Å². The zero-order chi connectivity index (χ0) is 21.5. The van der Waals surface area contributed by atoms with Gasteiger partial charge in [-0.25, -0.2) is 0 Å². The monoisotopic (exact) mass is 408 g/mol. The summed E-state index contributed by atoms with van der Waals surface area (Å²) < 4.78 is 7.22. The smallest absolute Gasteiger partial charge is 0.297 e. The summed E-state index contributed by atoms with van der Waals surface area (Å²) >= 11 is 0. The largest absolute Gasteiger partial charge is 0.504 e. The van der Waals surface area contributed by atoms with Crippen molar-refractivity contribution in [2.75, 3.05) is 12.3 Å². The number of aryl methyl sites for hydroxylation is 1. The van der Waals surface area contributed by atoms with Crippen LogP contribution in [-0.2, 0) is 13.5 Å². The van der Waals surface area contributed by atoms with Crippen LogP contribution in [-0.4, -0.2) is 16.3 Å². The molecule has 5 nitrogen and oxygen atoms in total. The van der Waals surface area contributed by atoms with Crippen LogP contribution >= 0.6 is 0 Å². The topological polar surface area (TPSA) is 77.5 Å². The average molecular weight is 409 g/mol. The summed E-state index contributed by atoms with van der Waals surface area (Å²) in [5.41, 5.74) is 9.14. The van der Waals surface area contributed by atoms with E-state index in [1.807, 2.05) is 30.3 Å². The standard InChI is InChI=1S/C25H32N2O3/c1-3-4-5-6-7-11-14-30-24-23(28)22-20(26)16-19(15-18-12-9-8-10-13-18)17-21(22)27(2)25(24)29/h8-10,12-13,16-17,28H,3-7,11,14-15,26H2,1-2H3. The van der Waals surface area contributed by atoms with Crippen molar-refractivity contribution in [1.29, 1.82) is 0 Å². The third kappa shape index (κ3) is 4.96. The molecule has 0 saturated carbocycles. The number of pyridine rings is 1. The van der Waals surface area contributed by atoms with Gasteiger partial charge in [-0.2, -0.15) is 0 Å². The van der Waals surface area contributed by atoms with Gasteiger partial charge in [0.15, 0.2) is 5.75 Å². The van der Waals surface area contributed by atoms with Gasteiger partial charge in [0.1, 0.15) is 0 Å². The van der Waals surface area contributed by atoms with E-state index in [1.54, 1.807) is 7.05 Å². The Bertz CT molecular complexity index is 1040. The molecule has 160 valence electrons. The van der Waals surface area contributed by atoms with Crippen LogP contribution < -0.4 is 16.0 Å². The molecule has 1 heterocycles. The molecule has 2 aromatic carbocycles. The van der Waals surface area contributed by atoms with E-state index in [4.69, 9.17) is 10.5 Å². The summed E-state index contributed by atoms with van der Waals surface area (Å²) in [7, 11) is 1.69. The minimum Gasteiger partial charge on any atom is -0.504 e. The van der Waals surface area contributed by atoms with Crippen molar-refractivity contribution in [2.24, 2.45) is 7.05 Å². The molecule has 0 saturated heterocycles. The zero-order valence-electron chi connectivity index (χ0n) is 18.0. The second-order valence-corrected chi connectivity index (χ2v) is 7.90. The third-order valence-electron chi connectivity index (χ3n) is 5.52. The lowest BCUT2D eigenvalue weighted by atomic mass is 10.0. The van der Waals surface area contributed by atoms with E-state index in [1.165, 1.54) is 23.8 Å². The van der Waals surface area contributed by atoms with Gasteiger partial charge >= 0.3 is 0 Å². The maximum Gasteiger partial charge on any atom is 0.297 e. The Morgan fingerprint density at radius 1 is 1.00 bits per heavy atom. The van der Waals surface area contributed by atoms with E-state index in [2.05, 4.69) is 19.1 Å². The van der Waals surface area contributed by atoms with Crippen molar-refractivity contribution in [3.63, 3.8) is 0 Å². The Kier molecular flexibility index (Phi) is 7.39. The quantitative estimate of drug-likeness (QED) is 0.359. The van der Waals surface area contributed by atoms with Crippen LogP contribution in [0.25, 0.3) is 10.9 Å². The molecule has 0 aliphatic heterocycles. The van der Waals surface area contributed by atoms with Gasteiger partial charge in [-0.05, 0) is 36.1 Å². The maximum absolute atomic E-state index is 12.8. The van der Waals surface area contributed by atoms with Crippen molar-refractivity contribution in [3.8, 4) is 11.5 Å². The fourth-order valence-corrected chi connectivity index (χ4v) is 3.83. The number of unbranched alkanes of at least 4 members (excludes halogenated alkanes) is 5. The van der Waals surface area contributed by atoms with E-state index < -0.39 is 0 Å². The molecule has 3 N–H and O–H groups in total. The van der Waals surface area contributed by atoms with Gasteiger partial charge in [0.25, 0.3) is 5.56 Å². The number of benzene rings is 2. The number of hydrogen-bond acceptors (Lipinski definition) is 4. The molecule has 1 aromatic heterocycles. The van der Waals surface area contributed by atoms with Crippen molar-refractivity contribution in [2.45, 2.75) is 51.9 Å². The number of aromatic nitrogens is 1. The lowest BCUT2D eigenvalue weighted by Gasteiger charge is -2.15. The Morgan fingerprint density at radius 3 is 2.43 bits per heavy atom. The number of ether oxygens (including phenoxy) is 1. The number of anilines is 1. The lowest BCUT2D eigenvalue weighted by molar-refractivity contribution is 0.284. The van der Waals surface area contributed by atoms with Gasteiger partial charge in [0, 0.05) is 12.7 Å². The van der Waals surface area contributed by atoms with E-state index in [0.29, 0.717) is 29.6 Å². The maximum atomic E-state index is 12.8.